The summed E-state index contributed by atoms with van der Waals surface area (Å²) in [6, 6.07) is 9.83. The lowest BCUT2D eigenvalue weighted by atomic mass is 10.0. The molecule has 0 aromatic heterocycles. The first kappa shape index (κ1) is 13.9. The number of aryl methyl sites for hydroxylation is 1. The van der Waals surface area contributed by atoms with E-state index >= 15 is 0 Å². The Morgan fingerprint density at radius 3 is 2.80 bits per heavy atom. The number of fused-ring (bicyclic) bond motifs is 1. The highest BCUT2D eigenvalue weighted by atomic mass is 15.1. The van der Waals surface area contributed by atoms with Crippen molar-refractivity contribution in [2.75, 3.05) is 24.5 Å². The summed E-state index contributed by atoms with van der Waals surface area (Å²) in [5.41, 5.74) is 3.04. The van der Waals surface area contributed by atoms with Gasteiger partial charge in [-0.15, -0.1) is 0 Å². The molecule has 0 bridgehead atoms. The average Bonchev–Trinajstić information content (AvgIpc) is 3.30. The monoisotopic (exact) mass is 272 g/mol. The molecule has 2 aliphatic rings. The van der Waals surface area contributed by atoms with Gasteiger partial charge in [-0.1, -0.05) is 31.0 Å². The fourth-order valence-electron chi connectivity index (χ4n) is 3.22. The maximum atomic E-state index is 3.60. The SMILES string of the molecule is c1ccc2c(c1)CCCN2CCCCCCNC1CC1. The Morgan fingerprint density at radius 2 is 1.90 bits per heavy atom. The number of hydrogen-bond donors (Lipinski definition) is 1. The Labute approximate surface area is 123 Å². The molecule has 0 amide bonds. The van der Waals surface area contributed by atoms with Crippen molar-refractivity contribution >= 4 is 5.69 Å². The third-order valence-corrected chi connectivity index (χ3v) is 4.57. The fraction of sp³-hybridized carbons (Fsp3) is 0.667. The van der Waals surface area contributed by atoms with E-state index in [9.17, 15) is 0 Å². The Kier molecular flexibility index (Phi) is 4.96. The number of rotatable bonds is 8. The van der Waals surface area contributed by atoms with Crippen LogP contribution in [-0.2, 0) is 6.42 Å². The molecule has 1 aliphatic heterocycles. The summed E-state index contributed by atoms with van der Waals surface area (Å²) in [7, 11) is 0. The van der Waals surface area contributed by atoms with Crippen molar-refractivity contribution in [1.82, 2.24) is 5.32 Å². The minimum Gasteiger partial charge on any atom is -0.371 e. The molecule has 1 fully saturated rings. The first-order valence-corrected chi connectivity index (χ1v) is 8.50. The van der Waals surface area contributed by atoms with E-state index in [1.807, 2.05) is 0 Å². The van der Waals surface area contributed by atoms with Gasteiger partial charge in [0.05, 0.1) is 0 Å². The molecule has 0 spiro atoms. The molecule has 1 aromatic rings. The lowest BCUT2D eigenvalue weighted by Crippen LogP contribution is -2.30. The predicted molar refractivity (Wildman–Crippen MR) is 86.5 cm³/mol. The molecular weight excluding hydrogens is 244 g/mol. The van der Waals surface area contributed by atoms with E-state index in [1.165, 1.54) is 76.7 Å². The van der Waals surface area contributed by atoms with Gasteiger partial charge in [0.15, 0.2) is 0 Å². The number of para-hydroxylation sites is 1. The molecule has 0 saturated heterocycles. The van der Waals surface area contributed by atoms with E-state index in [1.54, 1.807) is 5.56 Å². The van der Waals surface area contributed by atoms with Crippen molar-refractivity contribution in [3.63, 3.8) is 0 Å². The van der Waals surface area contributed by atoms with Gasteiger partial charge in [-0.2, -0.15) is 0 Å². The summed E-state index contributed by atoms with van der Waals surface area (Å²) in [5.74, 6) is 0. The van der Waals surface area contributed by atoms with E-state index in [4.69, 9.17) is 0 Å². The largest absolute Gasteiger partial charge is 0.371 e. The van der Waals surface area contributed by atoms with Crippen LogP contribution in [0.4, 0.5) is 5.69 Å². The van der Waals surface area contributed by atoms with Crippen LogP contribution in [0.1, 0.15) is 50.5 Å². The van der Waals surface area contributed by atoms with Gasteiger partial charge in [0.2, 0.25) is 0 Å². The van der Waals surface area contributed by atoms with Gasteiger partial charge in [-0.05, 0) is 56.7 Å². The second-order valence-corrected chi connectivity index (χ2v) is 6.36. The Morgan fingerprint density at radius 1 is 1.05 bits per heavy atom. The zero-order valence-electron chi connectivity index (χ0n) is 12.6. The van der Waals surface area contributed by atoms with Crippen LogP contribution in [0.25, 0.3) is 0 Å². The summed E-state index contributed by atoms with van der Waals surface area (Å²) in [6.45, 7) is 3.73. The second kappa shape index (κ2) is 7.12. The van der Waals surface area contributed by atoms with E-state index in [0.717, 1.165) is 6.04 Å². The molecule has 1 N–H and O–H groups in total. The third-order valence-electron chi connectivity index (χ3n) is 4.57. The number of nitrogens with one attached hydrogen (secondary N) is 1. The van der Waals surface area contributed by atoms with Crippen molar-refractivity contribution in [3.05, 3.63) is 29.8 Å². The number of unbranched alkanes of at least 4 members (excludes halogenated alkanes) is 3. The molecule has 0 atom stereocenters. The standard InChI is InChI=1S/C18H28N2/c1(5-13-19-17-11-12-17)2-6-14-20-15-7-9-16-8-3-4-10-18(16)20/h3-4,8,10,17,19H,1-2,5-7,9,11-15H2. The van der Waals surface area contributed by atoms with Crippen molar-refractivity contribution < 1.29 is 0 Å². The summed E-state index contributed by atoms with van der Waals surface area (Å²) in [4.78, 5) is 2.60. The highest BCUT2D eigenvalue weighted by molar-refractivity contribution is 5.55. The number of benzene rings is 1. The molecule has 0 radical (unpaired) electrons. The van der Waals surface area contributed by atoms with Crippen LogP contribution in [0.5, 0.6) is 0 Å². The molecule has 20 heavy (non-hydrogen) atoms. The molecular formula is C18H28N2. The Balaban J connectivity index is 1.32. The number of anilines is 1. The Bertz CT molecular complexity index is 412. The maximum absolute atomic E-state index is 3.60. The first-order valence-electron chi connectivity index (χ1n) is 8.50. The van der Waals surface area contributed by atoms with E-state index in [-0.39, 0.29) is 0 Å². The highest BCUT2D eigenvalue weighted by Crippen LogP contribution is 2.26. The first-order chi connectivity index (χ1) is 9.93. The highest BCUT2D eigenvalue weighted by Gasteiger charge is 2.19. The molecule has 1 aromatic carbocycles. The summed E-state index contributed by atoms with van der Waals surface area (Å²) >= 11 is 0. The van der Waals surface area contributed by atoms with Crippen molar-refractivity contribution in [2.24, 2.45) is 0 Å². The van der Waals surface area contributed by atoms with Crippen LogP contribution in [0.3, 0.4) is 0 Å². The lowest BCUT2D eigenvalue weighted by molar-refractivity contribution is 0.574. The molecule has 0 unspecified atom stereocenters. The zero-order valence-corrected chi connectivity index (χ0v) is 12.6. The van der Waals surface area contributed by atoms with Crippen LogP contribution >= 0.6 is 0 Å². The number of nitrogens with zero attached hydrogens (tertiary/aromatic N) is 1. The molecule has 2 heteroatoms. The van der Waals surface area contributed by atoms with E-state index in [0.29, 0.717) is 0 Å². The van der Waals surface area contributed by atoms with Gasteiger partial charge < -0.3 is 10.2 Å². The van der Waals surface area contributed by atoms with Gasteiger partial charge in [-0.25, -0.2) is 0 Å². The summed E-state index contributed by atoms with van der Waals surface area (Å²) in [5, 5.41) is 3.60. The Hall–Kier alpha value is -1.02. The van der Waals surface area contributed by atoms with Crippen LogP contribution in [0, 0.1) is 0 Å². The van der Waals surface area contributed by atoms with E-state index in [2.05, 4.69) is 34.5 Å². The van der Waals surface area contributed by atoms with Crippen molar-refractivity contribution in [1.29, 1.82) is 0 Å². The summed E-state index contributed by atoms with van der Waals surface area (Å²) in [6.07, 6.45) is 10.9. The van der Waals surface area contributed by atoms with Gasteiger partial charge in [0.1, 0.15) is 0 Å². The molecule has 110 valence electrons. The zero-order chi connectivity index (χ0) is 13.6. The molecule has 1 heterocycles. The normalized spacial score (nSPS) is 18.1. The quantitative estimate of drug-likeness (QED) is 0.725. The summed E-state index contributed by atoms with van der Waals surface area (Å²) < 4.78 is 0. The van der Waals surface area contributed by atoms with Gasteiger partial charge >= 0.3 is 0 Å². The minimum absolute atomic E-state index is 0.875. The maximum Gasteiger partial charge on any atom is 0.0398 e. The van der Waals surface area contributed by atoms with Gasteiger partial charge in [0, 0.05) is 24.8 Å². The molecule has 2 nitrogen and oxygen atoms in total. The topological polar surface area (TPSA) is 15.3 Å². The molecule has 1 aliphatic carbocycles. The predicted octanol–water partition coefficient (Wildman–Crippen LogP) is 3.75. The van der Waals surface area contributed by atoms with Crippen molar-refractivity contribution in [2.45, 2.75) is 57.4 Å². The van der Waals surface area contributed by atoms with Crippen molar-refractivity contribution in [3.8, 4) is 0 Å². The van der Waals surface area contributed by atoms with Crippen LogP contribution in [0.15, 0.2) is 24.3 Å². The van der Waals surface area contributed by atoms with Crippen LogP contribution < -0.4 is 10.2 Å². The van der Waals surface area contributed by atoms with Crippen LogP contribution in [-0.4, -0.2) is 25.7 Å². The van der Waals surface area contributed by atoms with Crippen LogP contribution in [0.2, 0.25) is 0 Å². The second-order valence-electron chi connectivity index (χ2n) is 6.36. The average molecular weight is 272 g/mol. The molecule has 3 rings (SSSR count). The van der Waals surface area contributed by atoms with Gasteiger partial charge in [-0.3, -0.25) is 0 Å². The smallest absolute Gasteiger partial charge is 0.0398 e. The van der Waals surface area contributed by atoms with E-state index < -0.39 is 0 Å². The lowest BCUT2D eigenvalue weighted by Gasteiger charge is -2.31. The molecule has 1 saturated carbocycles. The third kappa shape index (κ3) is 3.99. The number of hydrogen-bond acceptors (Lipinski definition) is 2. The fourth-order valence-corrected chi connectivity index (χ4v) is 3.22. The van der Waals surface area contributed by atoms with Gasteiger partial charge in [0.25, 0.3) is 0 Å². The minimum atomic E-state index is 0.875.